The second kappa shape index (κ2) is 7.12. The summed E-state index contributed by atoms with van der Waals surface area (Å²) in [5.41, 5.74) is 1.34. The Morgan fingerprint density at radius 1 is 1.53 bits per heavy atom. The summed E-state index contributed by atoms with van der Waals surface area (Å²) in [7, 11) is 6.10. The highest BCUT2D eigenvalue weighted by atomic mass is 127. The predicted molar refractivity (Wildman–Crippen MR) is 89.2 cm³/mol. The molecule has 0 N–H and O–H groups in total. The van der Waals surface area contributed by atoms with Crippen LogP contribution < -0.4 is 0 Å². The second-order valence-corrected chi connectivity index (χ2v) is 5.05. The van der Waals surface area contributed by atoms with E-state index in [9.17, 15) is 0 Å². The van der Waals surface area contributed by atoms with E-state index in [4.69, 9.17) is 0 Å². The van der Waals surface area contributed by atoms with Crippen molar-refractivity contribution in [1.29, 1.82) is 0 Å². The van der Waals surface area contributed by atoms with Gasteiger partial charge in [0.25, 0.3) is 0 Å². The number of nitrogens with zero attached hydrogens (tertiary/aromatic N) is 5. The fourth-order valence-electron chi connectivity index (χ4n) is 2.53. The third kappa shape index (κ3) is 3.84. The highest BCUT2D eigenvalue weighted by Crippen LogP contribution is 2.27. The van der Waals surface area contributed by atoms with Gasteiger partial charge in [0, 0.05) is 52.9 Å². The fraction of sp³-hybridized carbons (Fsp3) is 0.692. The average molecular weight is 377 g/mol. The van der Waals surface area contributed by atoms with Gasteiger partial charge >= 0.3 is 0 Å². The van der Waals surface area contributed by atoms with Gasteiger partial charge in [-0.05, 0) is 18.9 Å². The lowest BCUT2D eigenvalue weighted by atomic mass is 10.0. The molecule has 5 nitrogen and oxygen atoms in total. The number of rotatable bonds is 2. The first-order chi connectivity index (χ1) is 8.61. The highest BCUT2D eigenvalue weighted by Gasteiger charge is 2.27. The topological polar surface area (TPSA) is 36.7 Å². The summed E-state index contributed by atoms with van der Waals surface area (Å²) in [6.45, 7) is 5.04. The Hall–Kier alpha value is -0.790. The van der Waals surface area contributed by atoms with Crippen LogP contribution in [-0.2, 0) is 7.05 Å². The van der Waals surface area contributed by atoms with Crippen molar-refractivity contribution in [2.24, 2.45) is 12.0 Å². The van der Waals surface area contributed by atoms with Gasteiger partial charge in [0.1, 0.15) is 0 Å². The van der Waals surface area contributed by atoms with Crippen molar-refractivity contribution in [2.45, 2.75) is 19.3 Å². The minimum atomic E-state index is 0. The van der Waals surface area contributed by atoms with Gasteiger partial charge in [0.2, 0.25) is 0 Å². The second-order valence-electron chi connectivity index (χ2n) is 5.05. The Labute approximate surface area is 132 Å². The third-order valence-corrected chi connectivity index (χ3v) is 3.37. The molecule has 2 rings (SSSR count). The van der Waals surface area contributed by atoms with E-state index in [1.165, 1.54) is 12.0 Å². The van der Waals surface area contributed by atoms with Crippen molar-refractivity contribution in [3.63, 3.8) is 0 Å². The number of aliphatic imine (C=N–C) groups is 1. The predicted octanol–water partition coefficient (Wildman–Crippen LogP) is 1.76. The maximum atomic E-state index is 4.59. The van der Waals surface area contributed by atoms with Crippen LogP contribution in [0.25, 0.3) is 0 Å². The average Bonchev–Trinajstić information content (AvgIpc) is 2.93. The molecule has 0 radical (unpaired) electrons. The number of likely N-dealkylation sites (tertiary alicyclic amines) is 1. The van der Waals surface area contributed by atoms with Crippen LogP contribution in [0.15, 0.2) is 17.4 Å². The van der Waals surface area contributed by atoms with Crippen LogP contribution in [0.2, 0.25) is 0 Å². The minimum absolute atomic E-state index is 0. The summed E-state index contributed by atoms with van der Waals surface area (Å²) >= 11 is 0. The van der Waals surface area contributed by atoms with Gasteiger partial charge in [-0.25, -0.2) is 0 Å². The van der Waals surface area contributed by atoms with Crippen molar-refractivity contribution >= 4 is 29.9 Å². The third-order valence-electron chi connectivity index (χ3n) is 3.37. The maximum Gasteiger partial charge on any atom is 0.196 e. The summed E-state index contributed by atoms with van der Waals surface area (Å²) in [6.07, 6.45) is 5.29. The molecule has 0 amide bonds. The quantitative estimate of drug-likeness (QED) is 0.448. The van der Waals surface area contributed by atoms with Crippen LogP contribution >= 0.6 is 24.0 Å². The summed E-state index contributed by atoms with van der Waals surface area (Å²) in [5, 5.41) is 4.26. The standard InChI is InChI=1S/C13H23N5.HI/c1-5-14-13(16(2)3)18-7-6-11(10-18)12-8-15-17(4)9-12;/h8-9,11H,5-7,10H2,1-4H3;1H. The lowest BCUT2D eigenvalue weighted by Crippen LogP contribution is -2.39. The van der Waals surface area contributed by atoms with Gasteiger partial charge < -0.3 is 9.80 Å². The van der Waals surface area contributed by atoms with Crippen molar-refractivity contribution in [3.05, 3.63) is 18.0 Å². The fourth-order valence-corrected chi connectivity index (χ4v) is 2.53. The molecular weight excluding hydrogens is 353 g/mol. The Bertz CT molecular complexity index is 426. The molecule has 1 aromatic heterocycles. The van der Waals surface area contributed by atoms with Crippen LogP contribution in [0.5, 0.6) is 0 Å². The van der Waals surface area contributed by atoms with Crippen LogP contribution in [0, 0.1) is 0 Å². The van der Waals surface area contributed by atoms with Crippen LogP contribution in [0.1, 0.15) is 24.8 Å². The monoisotopic (exact) mass is 377 g/mol. The van der Waals surface area contributed by atoms with Crippen LogP contribution in [0.4, 0.5) is 0 Å². The molecule has 0 spiro atoms. The molecule has 0 saturated carbocycles. The van der Waals surface area contributed by atoms with Crippen LogP contribution in [0.3, 0.4) is 0 Å². The smallest absolute Gasteiger partial charge is 0.196 e. The number of hydrogen-bond donors (Lipinski definition) is 0. The molecule has 1 aromatic rings. The van der Waals surface area contributed by atoms with E-state index < -0.39 is 0 Å². The summed E-state index contributed by atoms with van der Waals surface area (Å²) in [5.74, 6) is 1.68. The molecule has 1 atom stereocenters. The number of guanidine groups is 1. The summed E-state index contributed by atoms with van der Waals surface area (Å²) in [6, 6.07) is 0. The molecule has 108 valence electrons. The van der Waals surface area contributed by atoms with E-state index in [1.54, 1.807) is 0 Å². The van der Waals surface area contributed by atoms with E-state index >= 15 is 0 Å². The van der Waals surface area contributed by atoms with Gasteiger partial charge in [-0.3, -0.25) is 9.67 Å². The van der Waals surface area contributed by atoms with Crippen LogP contribution in [-0.4, -0.2) is 59.3 Å². The van der Waals surface area contributed by atoms with E-state index in [0.29, 0.717) is 5.92 Å². The van der Waals surface area contributed by atoms with Crippen molar-refractivity contribution < 1.29 is 0 Å². The van der Waals surface area contributed by atoms with Gasteiger partial charge in [-0.15, -0.1) is 24.0 Å². The van der Waals surface area contributed by atoms with Crippen molar-refractivity contribution in [1.82, 2.24) is 19.6 Å². The Morgan fingerprint density at radius 2 is 2.26 bits per heavy atom. The Kier molecular flexibility index (Phi) is 6.09. The summed E-state index contributed by atoms with van der Waals surface area (Å²) < 4.78 is 1.88. The minimum Gasteiger partial charge on any atom is -0.349 e. The zero-order chi connectivity index (χ0) is 13.1. The Balaban J connectivity index is 0.00000180. The number of aromatic nitrogens is 2. The van der Waals surface area contributed by atoms with Crippen molar-refractivity contribution in [2.75, 3.05) is 33.7 Å². The molecule has 1 aliphatic heterocycles. The first kappa shape index (κ1) is 16.3. The molecule has 0 aliphatic carbocycles. The lowest BCUT2D eigenvalue weighted by Gasteiger charge is -2.26. The van der Waals surface area contributed by atoms with Gasteiger partial charge in [0.05, 0.1) is 6.20 Å². The maximum absolute atomic E-state index is 4.59. The largest absolute Gasteiger partial charge is 0.349 e. The van der Waals surface area contributed by atoms with Crippen molar-refractivity contribution in [3.8, 4) is 0 Å². The normalized spacial score (nSPS) is 19.5. The number of aryl methyl sites for hydroxylation is 1. The first-order valence-electron chi connectivity index (χ1n) is 6.57. The molecule has 19 heavy (non-hydrogen) atoms. The van der Waals surface area contributed by atoms with Gasteiger partial charge in [0.15, 0.2) is 5.96 Å². The molecule has 2 heterocycles. The molecule has 0 aromatic carbocycles. The summed E-state index contributed by atoms with van der Waals surface area (Å²) in [4.78, 5) is 9.07. The molecule has 1 aliphatic rings. The molecule has 1 saturated heterocycles. The van der Waals surface area contributed by atoms with E-state index in [0.717, 1.165) is 25.6 Å². The van der Waals surface area contributed by atoms with E-state index in [2.05, 4.69) is 47.1 Å². The molecule has 0 bridgehead atoms. The molecule has 6 heteroatoms. The van der Waals surface area contributed by atoms with Gasteiger partial charge in [-0.1, -0.05) is 0 Å². The van der Waals surface area contributed by atoms with Gasteiger partial charge in [-0.2, -0.15) is 5.10 Å². The molecule has 1 fully saturated rings. The number of hydrogen-bond acceptors (Lipinski definition) is 2. The lowest BCUT2D eigenvalue weighted by molar-refractivity contribution is 0.423. The molecule has 1 unspecified atom stereocenters. The van der Waals surface area contributed by atoms with E-state index in [-0.39, 0.29) is 24.0 Å². The Morgan fingerprint density at radius 3 is 2.79 bits per heavy atom. The SMILES string of the molecule is CCN=C(N(C)C)N1CCC(c2cnn(C)c2)C1.I. The number of halogens is 1. The zero-order valence-electron chi connectivity index (χ0n) is 12.2. The first-order valence-corrected chi connectivity index (χ1v) is 6.57. The highest BCUT2D eigenvalue weighted by molar-refractivity contribution is 14.0. The zero-order valence-corrected chi connectivity index (χ0v) is 14.5. The van der Waals surface area contributed by atoms with E-state index in [1.807, 2.05) is 17.9 Å². The molecular formula is C13H24IN5.